The summed E-state index contributed by atoms with van der Waals surface area (Å²) in [6.07, 6.45) is 1.49. The zero-order chi connectivity index (χ0) is 10.8. The number of hydrogen-bond acceptors (Lipinski definition) is 4. The molecule has 5 nitrogen and oxygen atoms in total. The van der Waals surface area contributed by atoms with Gasteiger partial charge in [-0.05, 0) is 13.8 Å². The number of nitrogens with one attached hydrogen (secondary N) is 1. The molecule has 1 aromatic heterocycles. The zero-order valence-corrected chi connectivity index (χ0v) is 8.99. The Hall–Kier alpha value is -1.36. The maximum atomic E-state index is 12.0. The van der Waals surface area contributed by atoms with E-state index in [4.69, 9.17) is 4.52 Å². The lowest BCUT2D eigenvalue weighted by atomic mass is 10.2. The van der Waals surface area contributed by atoms with Crippen LogP contribution in [0.3, 0.4) is 0 Å². The van der Waals surface area contributed by atoms with Gasteiger partial charge in [-0.3, -0.25) is 4.79 Å². The van der Waals surface area contributed by atoms with Crippen molar-refractivity contribution in [1.82, 2.24) is 15.4 Å². The molecule has 82 valence electrons. The predicted octanol–water partition coefficient (Wildman–Crippen LogP) is 0.417. The SMILES string of the molecule is Cc1oncc1C(=O)N1CCNC(C)C1. The van der Waals surface area contributed by atoms with Crippen LogP contribution >= 0.6 is 0 Å². The van der Waals surface area contributed by atoms with Crippen LogP contribution in [0.2, 0.25) is 0 Å². The Bertz CT molecular complexity index is 361. The molecule has 1 amide bonds. The number of piperazine rings is 1. The number of aromatic nitrogens is 1. The van der Waals surface area contributed by atoms with Crippen LogP contribution < -0.4 is 5.32 Å². The Balaban J connectivity index is 2.11. The summed E-state index contributed by atoms with van der Waals surface area (Å²) in [4.78, 5) is 13.9. The van der Waals surface area contributed by atoms with Gasteiger partial charge in [-0.25, -0.2) is 0 Å². The Morgan fingerprint density at radius 3 is 3.13 bits per heavy atom. The fraction of sp³-hybridized carbons (Fsp3) is 0.600. The summed E-state index contributed by atoms with van der Waals surface area (Å²) in [6, 6.07) is 0.350. The third-order valence-electron chi connectivity index (χ3n) is 2.64. The number of rotatable bonds is 1. The minimum atomic E-state index is 0.0158. The van der Waals surface area contributed by atoms with E-state index in [1.807, 2.05) is 4.90 Å². The van der Waals surface area contributed by atoms with Crippen LogP contribution in [0.15, 0.2) is 10.7 Å². The number of hydrogen-bond donors (Lipinski definition) is 1. The zero-order valence-electron chi connectivity index (χ0n) is 8.99. The van der Waals surface area contributed by atoms with Crippen molar-refractivity contribution in [2.24, 2.45) is 0 Å². The van der Waals surface area contributed by atoms with Gasteiger partial charge in [0.25, 0.3) is 5.91 Å². The first kappa shape index (κ1) is 10.2. The highest BCUT2D eigenvalue weighted by Crippen LogP contribution is 2.11. The Kier molecular flexibility index (Phi) is 2.73. The standard InChI is InChI=1S/C10H15N3O2/c1-7-6-13(4-3-11-7)10(14)9-5-12-15-8(9)2/h5,7,11H,3-4,6H2,1-2H3. The largest absolute Gasteiger partial charge is 0.361 e. The second-order valence-electron chi connectivity index (χ2n) is 3.90. The Morgan fingerprint density at radius 2 is 2.53 bits per heavy atom. The third kappa shape index (κ3) is 2.02. The number of carbonyl (C=O) groups excluding carboxylic acids is 1. The Labute approximate surface area is 88.4 Å². The van der Waals surface area contributed by atoms with E-state index in [0.717, 1.165) is 19.6 Å². The highest BCUT2D eigenvalue weighted by atomic mass is 16.5. The van der Waals surface area contributed by atoms with Gasteiger partial charge < -0.3 is 14.7 Å². The topological polar surface area (TPSA) is 58.4 Å². The predicted molar refractivity (Wildman–Crippen MR) is 54.6 cm³/mol. The maximum Gasteiger partial charge on any atom is 0.259 e. The fourth-order valence-electron chi connectivity index (χ4n) is 1.79. The van der Waals surface area contributed by atoms with Gasteiger partial charge in [-0.15, -0.1) is 0 Å². The van der Waals surface area contributed by atoms with E-state index in [2.05, 4.69) is 17.4 Å². The van der Waals surface area contributed by atoms with Gasteiger partial charge >= 0.3 is 0 Å². The molecule has 1 aromatic rings. The summed E-state index contributed by atoms with van der Waals surface area (Å²) in [6.45, 7) is 6.15. The summed E-state index contributed by atoms with van der Waals surface area (Å²) < 4.78 is 4.89. The summed E-state index contributed by atoms with van der Waals surface area (Å²) >= 11 is 0. The van der Waals surface area contributed by atoms with E-state index >= 15 is 0 Å². The van der Waals surface area contributed by atoms with E-state index in [1.165, 1.54) is 6.20 Å². The summed E-state index contributed by atoms with van der Waals surface area (Å²) in [5.74, 6) is 0.605. The smallest absolute Gasteiger partial charge is 0.259 e. The van der Waals surface area contributed by atoms with E-state index in [1.54, 1.807) is 6.92 Å². The molecule has 1 aliphatic heterocycles. The van der Waals surface area contributed by atoms with E-state index in [-0.39, 0.29) is 5.91 Å². The molecule has 1 saturated heterocycles. The van der Waals surface area contributed by atoms with Crippen LogP contribution in [-0.4, -0.2) is 41.6 Å². The molecule has 0 radical (unpaired) electrons. The summed E-state index contributed by atoms with van der Waals surface area (Å²) in [5, 5.41) is 6.91. The van der Waals surface area contributed by atoms with Crippen molar-refractivity contribution < 1.29 is 9.32 Å². The second-order valence-corrected chi connectivity index (χ2v) is 3.90. The monoisotopic (exact) mass is 209 g/mol. The Morgan fingerprint density at radius 1 is 1.73 bits per heavy atom. The average molecular weight is 209 g/mol. The maximum absolute atomic E-state index is 12.0. The van der Waals surface area contributed by atoms with Crippen LogP contribution in [0.5, 0.6) is 0 Å². The lowest BCUT2D eigenvalue weighted by Gasteiger charge is -2.31. The molecule has 0 bridgehead atoms. The fourth-order valence-corrected chi connectivity index (χ4v) is 1.79. The molecule has 2 rings (SSSR count). The average Bonchev–Trinajstić information content (AvgIpc) is 2.63. The first-order valence-corrected chi connectivity index (χ1v) is 5.12. The highest BCUT2D eigenvalue weighted by Gasteiger charge is 2.24. The van der Waals surface area contributed by atoms with Crippen molar-refractivity contribution in [2.45, 2.75) is 19.9 Å². The van der Waals surface area contributed by atoms with Crippen LogP contribution in [-0.2, 0) is 0 Å². The molecule has 0 aliphatic carbocycles. The van der Waals surface area contributed by atoms with Gasteiger partial charge in [0.2, 0.25) is 0 Å². The molecular formula is C10H15N3O2. The van der Waals surface area contributed by atoms with Crippen molar-refractivity contribution in [3.05, 3.63) is 17.5 Å². The molecule has 1 fully saturated rings. The molecule has 1 N–H and O–H groups in total. The van der Waals surface area contributed by atoms with Gasteiger partial charge in [0.15, 0.2) is 0 Å². The summed E-state index contributed by atoms with van der Waals surface area (Å²) in [7, 11) is 0. The lowest BCUT2D eigenvalue weighted by molar-refractivity contribution is 0.0707. The van der Waals surface area contributed by atoms with Gasteiger partial charge in [-0.1, -0.05) is 5.16 Å². The molecule has 1 aliphatic rings. The number of carbonyl (C=O) groups is 1. The van der Waals surface area contributed by atoms with Gasteiger partial charge in [-0.2, -0.15) is 0 Å². The molecule has 2 heterocycles. The van der Waals surface area contributed by atoms with E-state index in [0.29, 0.717) is 17.4 Å². The minimum Gasteiger partial charge on any atom is -0.361 e. The first-order chi connectivity index (χ1) is 7.18. The van der Waals surface area contributed by atoms with Gasteiger partial charge in [0, 0.05) is 25.7 Å². The number of amides is 1. The normalized spacial score (nSPS) is 21.7. The van der Waals surface area contributed by atoms with Crippen LogP contribution in [0.1, 0.15) is 23.0 Å². The van der Waals surface area contributed by atoms with Crippen LogP contribution in [0.25, 0.3) is 0 Å². The first-order valence-electron chi connectivity index (χ1n) is 5.12. The van der Waals surface area contributed by atoms with E-state index < -0.39 is 0 Å². The second kappa shape index (κ2) is 4.02. The molecule has 15 heavy (non-hydrogen) atoms. The molecule has 5 heteroatoms. The highest BCUT2D eigenvalue weighted by molar-refractivity contribution is 5.94. The molecule has 0 spiro atoms. The van der Waals surface area contributed by atoms with Crippen molar-refractivity contribution in [1.29, 1.82) is 0 Å². The quantitative estimate of drug-likeness (QED) is 0.728. The van der Waals surface area contributed by atoms with Crippen LogP contribution in [0.4, 0.5) is 0 Å². The van der Waals surface area contributed by atoms with Crippen molar-refractivity contribution in [2.75, 3.05) is 19.6 Å². The molecule has 1 unspecified atom stereocenters. The van der Waals surface area contributed by atoms with Gasteiger partial charge in [0.1, 0.15) is 11.3 Å². The lowest BCUT2D eigenvalue weighted by Crippen LogP contribution is -2.51. The molecule has 0 aromatic carbocycles. The third-order valence-corrected chi connectivity index (χ3v) is 2.64. The van der Waals surface area contributed by atoms with Crippen molar-refractivity contribution >= 4 is 5.91 Å². The number of aryl methyl sites for hydroxylation is 1. The van der Waals surface area contributed by atoms with E-state index in [9.17, 15) is 4.79 Å². The number of nitrogens with zero attached hydrogens (tertiary/aromatic N) is 2. The minimum absolute atomic E-state index is 0.0158. The molecule has 1 atom stereocenters. The van der Waals surface area contributed by atoms with Crippen molar-refractivity contribution in [3.8, 4) is 0 Å². The summed E-state index contributed by atoms with van der Waals surface area (Å²) in [5.41, 5.74) is 0.573. The molecular weight excluding hydrogens is 194 g/mol. The molecule has 0 saturated carbocycles. The van der Waals surface area contributed by atoms with Crippen molar-refractivity contribution in [3.63, 3.8) is 0 Å². The van der Waals surface area contributed by atoms with Gasteiger partial charge in [0.05, 0.1) is 6.20 Å². The van der Waals surface area contributed by atoms with Crippen LogP contribution in [0, 0.1) is 6.92 Å².